The first kappa shape index (κ1) is 27.6. The molecule has 7 atom stereocenters. The van der Waals surface area contributed by atoms with Crippen LogP contribution in [0.15, 0.2) is 0 Å². The van der Waals surface area contributed by atoms with Gasteiger partial charge < -0.3 is 15.5 Å². The number of nitrogens with one attached hydrogen (secondary N) is 3. The van der Waals surface area contributed by atoms with Crippen molar-refractivity contribution < 1.29 is 28.4 Å². The standard InChI is InChI=1S/C25H37ClFN5O5/c1-5-12(2)17(29-21(34)13-6-7-13)23(36)31-11-15-16(25(15,3)4)18(31)22(35)30-32(24(37)19(26)27)10-14-8-9-28-20(14)33/h12-19H,5-11H2,1-4H3,(H,28,33)(H,29,34)(H,30,35)/t12?,14-,15-,16-,17?,18-,19?/m0/s1. The minimum absolute atomic E-state index is 0.0686. The fourth-order valence-electron chi connectivity index (χ4n) is 5.84. The fourth-order valence-corrected chi connectivity index (χ4v) is 5.96. The fraction of sp³-hybridized carbons (Fsp3) is 0.800. The monoisotopic (exact) mass is 541 g/mol. The molecule has 2 heterocycles. The molecule has 12 heteroatoms. The minimum atomic E-state index is -2.40. The zero-order chi connectivity index (χ0) is 27.2. The Kier molecular flexibility index (Phi) is 7.74. The van der Waals surface area contributed by atoms with Crippen molar-refractivity contribution in [2.45, 2.75) is 71.1 Å². The summed E-state index contributed by atoms with van der Waals surface area (Å²) in [4.78, 5) is 66.0. The van der Waals surface area contributed by atoms with Crippen LogP contribution in [0.4, 0.5) is 4.39 Å². The lowest BCUT2D eigenvalue weighted by Crippen LogP contribution is -2.60. The van der Waals surface area contributed by atoms with Crippen molar-refractivity contribution in [2.24, 2.45) is 35.0 Å². The summed E-state index contributed by atoms with van der Waals surface area (Å²) in [6, 6.07) is -1.68. The second-order valence-electron chi connectivity index (χ2n) is 11.5. The molecule has 0 spiro atoms. The summed E-state index contributed by atoms with van der Waals surface area (Å²) in [5.41, 5.74) is -0.119. The van der Waals surface area contributed by atoms with Gasteiger partial charge in [0.05, 0.1) is 12.5 Å². The van der Waals surface area contributed by atoms with Gasteiger partial charge in [0, 0.05) is 19.0 Å². The van der Waals surface area contributed by atoms with Gasteiger partial charge in [-0.25, -0.2) is 9.40 Å². The van der Waals surface area contributed by atoms with Crippen molar-refractivity contribution in [1.29, 1.82) is 0 Å². The average Bonchev–Trinajstić information content (AvgIpc) is 3.67. The zero-order valence-electron chi connectivity index (χ0n) is 21.8. The molecule has 0 aromatic rings. The molecule has 2 aliphatic carbocycles. The smallest absolute Gasteiger partial charge is 0.291 e. The van der Waals surface area contributed by atoms with Gasteiger partial charge in [0.2, 0.25) is 17.7 Å². The van der Waals surface area contributed by atoms with Crippen molar-refractivity contribution in [3.63, 3.8) is 0 Å². The van der Waals surface area contributed by atoms with Crippen LogP contribution in [-0.4, -0.2) is 76.8 Å². The topological polar surface area (TPSA) is 128 Å². The summed E-state index contributed by atoms with van der Waals surface area (Å²) in [7, 11) is 0. The van der Waals surface area contributed by atoms with Gasteiger partial charge in [0.1, 0.15) is 12.1 Å². The van der Waals surface area contributed by atoms with Crippen LogP contribution in [0.3, 0.4) is 0 Å². The van der Waals surface area contributed by atoms with Crippen LogP contribution in [-0.2, 0) is 24.0 Å². The van der Waals surface area contributed by atoms with Gasteiger partial charge in [-0.3, -0.25) is 29.4 Å². The average molecular weight is 542 g/mol. The maximum Gasteiger partial charge on any atom is 0.291 e. The molecule has 3 N–H and O–H groups in total. The molecule has 2 saturated carbocycles. The van der Waals surface area contributed by atoms with E-state index in [1.165, 1.54) is 4.90 Å². The van der Waals surface area contributed by atoms with Crippen LogP contribution in [0.25, 0.3) is 0 Å². The van der Waals surface area contributed by atoms with Gasteiger partial charge in [0.15, 0.2) is 0 Å². The number of rotatable bonds is 9. The maximum atomic E-state index is 13.8. The second-order valence-corrected chi connectivity index (χ2v) is 11.9. The lowest BCUT2D eigenvalue weighted by Gasteiger charge is -2.36. The van der Waals surface area contributed by atoms with E-state index in [4.69, 9.17) is 11.6 Å². The number of alkyl halides is 2. The number of nitrogens with zero attached hydrogens (tertiary/aromatic N) is 2. The van der Waals surface area contributed by atoms with E-state index in [-0.39, 0.29) is 53.4 Å². The Bertz CT molecular complexity index is 973. The number of fused-ring (bicyclic) bond motifs is 1. The highest BCUT2D eigenvalue weighted by atomic mass is 35.5. The number of halogens is 2. The van der Waals surface area contributed by atoms with Crippen LogP contribution < -0.4 is 16.1 Å². The van der Waals surface area contributed by atoms with Crippen molar-refractivity contribution in [1.82, 2.24) is 26.0 Å². The first-order valence-corrected chi connectivity index (χ1v) is 13.6. The quantitative estimate of drug-likeness (QED) is 0.296. The van der Waals surface area contributed by atoms with Crippen LogP contribution in [0, 0.1) is 35.0 Å². The van der Waals surface area contributed by atoms with E-state index in [0.29, 0.717) is 25.9 Å². The van der Waals surface area contributed by atoms with Gasteiger partial charge >= 0.3 is 0 Å². The summed E-state index contributed by atoms with van der Waals surface area (Å²) in [5, 5.41) is 6.32. The summed E-state index contributed by atoms with van der Waals surface area (Å²) in [6.07, 6.45) is 2.70. The number of amides is 5. The Labute approximate surface area is 221 Å². The normalized spacial score (nSPS) is 30.0. The molecule has 206 valence electrons. The highest BCUT2D eigenvalue weighted by molar-refractivity contribution is 6.29. The third-order valence-corrected chi connectivity index (χ3v) is 8.94. The van der Waals surface area contributed by atoms with Crippen molar-refractivity contribution in [3.8, 4) is 0 Å². The predicted molar refractivity (Wildman–Crippen MR) is 132 cm³/mol. The largest absolute Gasteiger partial charge is 0.356 e. The Morgan fingerprint density at radius 3 is 2.43 bits per heavy atom. The Balaban J connectivity index is 1.54. The first-order chi connectivity index (χ1) is 17.4. The molecular weight excluding hydrogens is 505 g/mol. The lowest BCUT2D eigenvalue weighted by atomic mass is 9.95. The lowest BCUT2D eigenvalue weighted by molar-refractivity contribution is -0.150. The van der Waals surface area contributed by atoms with Gasteiger partial charge in [-0.05, 0) is 42.4 Å². The summed E-state index contributed by atoms with van der Waals surface area (Å²) < 4.78 is 13.8. The van der Waals surface area contributed by atoms with E-state index in [1.54, 1.807) is 0 Å². The molecule has 4 fully saturated rings. The zero-order valence-corrected chi connectivity index (χ0v) is 22.5. The van der Waals surface area contributed by atoms with E-state index in [9.17, 15) is 28.4 Å². The maximum absolute atomic E-state index is 13.8. The highest BCUT2D eigenvalue weighted by Crippen LogP contribution is 2.65. The number of carbonyl (C=O) groups is 5. The first-order valence-electron chi connectivity index (χ1n) is 13.2. The van der Waals surface area contributed by atoms with Crippen molar-refractivity contribution in [3.05, 3.63) is 0 Å². The van der Waals surface area contributed by atoms with Crippen molar-refractivity contribution >= 4 is 41.1 Å². The Morgan fingerprint density at radius 2 is 1.89 bits per heavy atom. The summed E-state index contributed by atoms with van der Waals surface area (Å²) in [5.74, 6) is -3.48. The summed E-state index contributed by atoms with van der Waals surface area (Å²) >= 11 is 5.41. The Hall–Kier alpha value is -2.43. The molecular formula is C25H37ClFN5O5. The van der Waals surface area contributed by atoms with Crippen LogP contribution in [0.2, 0.25) is 0 Å². The Morgan fingerprint density at radius 1 is 1.22 bits per heavy atom. The number of hydrogen-bond donors (Lipinski definition) is 3. The van der Waals surface area contributed by atoms with Gasteiger partial charge in [-0.15, -0.1) is 0 Å². The van der Waals surface area contributed by atoms with E-state index in [1.807, 2.05) is 27.7 Å². The molecule has 0 radical (unpaired) electrons. The van der Waals surface area contributed by atoms with E-state index in [0.717, 1.165) is 17.9 Å². The number of piperidine rings is 1. The third kappa shape index (κ3) is 5.42. The molecule has 4 rings (SSSR count). The molecule has 4 aliphatic rings. The second kappa shape index (κ2) is 10.4. The number of hydrazine groups is 1. The minimum Gasteiger partial charge on any atom is -0.356 e. The van der Waals surface area contributed by atoms with Gasteiger partial charge in [0.25, 0.3) is 17.4 Å². The molecule has 0 aromatic carbocycles. The number of carbonyl (C=O) groups excluding carboxylic acids is 5. The third-order valence-electron chi connectivity index (χ3n) is 8.75. The summed E-state index contributed by atoms with van der Waals surface area (Å²) in [6.45, 7) is 8.41. The molecule has 37 heavy (non-hydrogen) atoms. The molecule has 3 unspecified atom stereocenters. The SMILES string of the molecule is CCC(C)C(NC(=O)C1CC1)C(=O)N1C[C@H]2[C@@H]([C@H]1C(=O)NN(C[C@@H]1CCNC1=O)C(=O)C(F)Cl)C2(C)C. The van der Waals surface area contributed by atoms with Gasteiger partial charge in [-0.2, -0.15) is 0 Å². The number of likely N-dealkylation sites (tertiary alicyclic amines) is 1. The van der Waals surface area contributed by atoms with Gasteiger partial charge in [-0.1, -0.05) is 45.7 Å². The van der Waals surface area contributed by atoms with E-state index >= 15 is 0 Å². The van der Waals surface area contributed by atoms with Crippen LogP contribution in [0.1, 0.15) is 53.4 Å². The van der Waals surface area contributed by atoms with Crippen LogP contribution in [0.5, 0.6) is 0 Å². The van der Waals surface area contributed by atoms with Crippen molar-refractivity contribution in [2.75, 3.05) is 19.6 Å². The molecule has 2 aliphatic heterocycles. The number of hydrogen-bond acceptors (Lipinski definition) is 5. The molecule has 0 aromatic heterocycles. The molecule has 5 amide bonds. The predicted octanol–water partition coefficient (Wildman–Crippen LogP) is 0.941. The molecule has 2 saturated heterocycles. The van der Waals surface area contributed by atoms with E-state index in [2.05, 4.69) is 16.1 Å². The van der Waals surface area contributed by atoms with Crippen LogP contribution >= 0.6 is 11.6 Å². The molecule has 10 nitrogen and oxygen atoms in total. The highest BCUT2D eigenvalue weighted by Gasteiger charge is 2.69. The molecule has 0 bridgehead atoms. The van der Waals surface area contributed by atoms with E-state index < -0.39 is 35.4 Å².